The van der Waals surface area contributed by atoms with Gasteiger partial charge in [0.1, 0.15) is 6.04 Å². The van der Waals surface area contributed by atoms with Crippen molar-refractivity contribution in [3.8, 4) is 0 Å². The maximum absolute atomic E-state index is 5.06. The van der Waals surface area contributed by atoms with Crippen LogP contribution in [0.4, 0.5) is 0 Å². The van der Waals surface area contributed by atoms with Gasteiger partial charge in [0.2, 0.25) is 0 Å². The molecule has 2 heteroatoms. The number of aliphatic imine (C=N–C) groups is 1. The molecule has 0 unspecified atom stereocenters. The molecule has 0 saturated heterocycles. The summed E-state index contributed by atoms with van der Waals surface area (Å²) in [6.07, 6.45) is 1.95. The van der Waals surface area contributed by atoms with Gasteiger partial charge in [-0.3, -0.25) is 4.99 Å². The minimum absolute atomic E-state index is 0.131. The van der Waals surface area contributed by atoms with Crippen molar-refractivity contribution in [3.05, 3.63) is 107 Å². The first-order valence-corrected chi connectivity index (χ1v) is 9.28. The highest BCUT2D eigenvalue weighted by Crippen LogP contribution is 2.36. The highest BCUT2D eigenvalue weighted by Gasteiger charge is 2.30. The van der Waals surface area contributed by atoms with Crippen LogP contribution in [-0.2, 0) is 6.42 Å². The zero-order valence-electron chi connectivity index (χ0n) is 15.1. The van der Waals surface area contributed by atoms with E-state index in [1.54, 1.807) is 0 Å². The molecule has 3 aromatic rings. The van der Waals surface area contributed by atoms with E-state index in [1.165, 1.54) is 22.3 Å². The first kappa shape index (κ1) is 16.6. The SMILES string of the molecule is Cc1cccc(CCC2=N[C@@H](c3ccccc3)[C@@H](c3ccccc3)N2)c1. The van der Waals surface area contributed by atoms with E-state index in [0.29, 0.717) is 0 Å². The quantitative estimate of drug-likeness (QED) is 0.659. The smallest absolute Gasteiger partial charge is 0.101 e. The van der Waals surface area contributed by atoms with Gasteiger partial charge in [0.05, 0.1) is 11.9 Å². The van der Waals surface area contributed by atoms with Crippen molar-refractivity contribution in [3.63, 3.8) is 0 Å². The summed E-state index contributed by atoms with van der Waals surface area (Å²) in [5, 5.41) is 3.69. The largest absolute Gasteiger partial charge is 0.364 e. The molecule has 0 aliphatic carbocycles. The topological polar surface area (TPSA) is 24.4 Å². The van der Waals surface area contributed by atoms with Gasteiger partial charge in [-0.15, -0.1) is 0 Å². The van der Waals surface area contributed by atoms with Gasteiger partial charge in [0.25, 0.3) is 0 Å². The van der Waals surface area contributed by atoms with Crippen molar-refractivity contribution < 1.29 is 0 Å². The number of hydrogen-bond donors (Lipinski definition) is 1. The molecular formula is C24H24N2. The Bertz CT molecular complexity index is 884. The predicted octanol–water partition coefficient (Wildman–Crippen LogP) is 5.41. The summed E-state index contributed by atoms with van der Waals surface area (Å²) in [6, 6.07) is 30.3. The van der Waals surface area contributed by atoms with E-state index in [2.05, 4.69) is 97.2 Å². The van der Waals surface area contributed by atoms with E-state index in [9.17, 15) is 0 Å². The number of amidine groups is 1. The van der Waals surface area contributed by atoms with Crippen LogP contribution in [0.1, 0.15) is 40.8 Å². The molecule has 1 heterocycles. The van der Waals surface area contributed by atoms with Crippen LogP contribution >= 0.6 is 0 Å². The van der Waals surface area contributed by atoms with Crippen LogP contribution in [0, 0.1) is 6.92 Å². The monoisotopic (exact) mass is 340 g/mol. The van der Waals surface area contributed by atoms with Crippen LogP contribution in [0.5, 0.6) is 0 Å². The van der Waals surface area contributed by atoms with Crippen LogP contribution in [0.25, 0.3) is 0 Å². The van der Waals surface area contributed by atoms with Crippen LogP contribution in [0.15, 0.2) is 89.9 Å². The summed E-state index contributed by atoms with van der Waals surface area (Å²) < 4.78 is 0. The maximum atomic E-state index is 5.06. The van der Waals surface area contributed by atoms with E-state index in [0.717, 1.165) is 18.7 Å². The summed E-state index contributed by atoms with van der Waals surface area (Å²) in [7, 11) is 0. The van der Waals surface area contributed by atoms with Crippen LogP contribution in [0.3, 0.4) is 0 Å². The zero-order valence-corrected chi connectivity index (χ0v) is 15.1. The van der Waals surface area contributed by atoms with Gasteiger partial charge in [-0.2, -0.15) is 0 Å². The average Bonchev–Trinajstić information content (AvgIpc) is 3.12. The first-order valence-electron chi connectivity index (χ1n) is 9.28. The zero-order chi connectivity index (χ0) is 17.8. The third-order valence-electron chi connectivity index (χ3n) is 4.97. The van der Waals surface area contributed by atoms with Gasteiger partial charge in [-0.1, -0.05) is 90.5 Å². The lowest BCUT2D eigenvalue weighted by Gasteiger charge is -2.19. The van der Waals surface area contributed by atoms with Crippen LogP contribution in [-0.4, -0.2) is 5.84 Å². The first-order chi connectivity index (χ1) is 12.8. The molecule has 0 amide bonds. The third-order valence-corrected chi connectivity index (χ3v) is 4.97. The van der Waals surface area contributed by atoms with Crippen molar-refractivity contribution in [1.29, 1.82) is 0 Å². The number of hydrogen-bond acceptors (Lipinski definition) is 2. The van der Waals surface area contributed by atoms with Crippen molar-refractivity contribution in [2.75, 3.05) is 0 Å². The molecular weight excluding hydrogens is 316 g/mol. The van der Waals surface area contributed by atoms with E-state index in [-0.39, 0.29) is 12.1 Å². The molecule has 1 N–H and O–H groups in total. The Labute approximate surface area is 155 Å². The van der Waals surface area contributed by atoms with E-state index >= 15 is 0 Å². The molecule has 26 heavy (non-hydrogen) atoms. The molecule has 0 fully saturated rings. The van der Waals surface area contributed by atoms with Gasteiger partial charge in [0, 0.05) is 6.42 Å². The third kappa shape index (κ3) is 3.70. The Hall–Kier alpha value is -2.87. The lowest BCUT2D eigenvalue weighted by atomic mass is 9.95. The maximum Gasteiger partial charge on any atom is 0.101 e. The van der Waals surface area contributed by atoms with Crippen molar-refractivity contribution in [2.45, 2.75) is 31.8 Å². The molecule has 0 aromatic heterocycles. The Morgan fingerprint density at radius 2 is 1.46 bits per heavy atom. The fourth-order valence-corrected chi connectivity index (χ4v) is 3.65. The molecule has 0 saturated carbocycles. The summed E-state index contributed by atoms with van der Waals surface area (Å²) in [6.45, 7) is 2.14. The molecule has 3 aromatic carbocycles. The number of nitrogens with zero attached hydrogens (tertiary/aromatic N) is 1. The standard InChI is InChI=1S/C24H24N2/c1-18-9-8-10-19(17-18)15-16-22-25-23(20-11-4-2-5-12-20)24(26-22)21-13-6-3-7-14-21/h2-14,17,23-24H,15-16H2,1H3,(H,25,26)/t23-,24+. The summed E-state index contributed by atoms with van der Waals surface area (Å²) in [5.74, 6) is 1.11. The second-order valence-electron chi connectivity index (χ2n) is 6.95. The van der Waals surface area contributed by atoms with Crippen molar-refractivity contribution >= 4 is 5.84 Å². The minimum Gasteiger partial charge on any atom is -0.364 e. The van der Waals surface area contributed by atoms with E-state index in [4.69, 9.17) is 4.99 Å². The molecule has 130 valence electrons. The van der Waals surface area contributed by atoms with E-state index < -0.39 is 0 Å². The normalized spacial score (nSPS) is 19.0. The second kappa shape index (κ2) is 7.57. The molecule has 1 aliphatic heterocycles. The fourth-order valence-electron chi connectivity index (χ4n) is 3.65. The molecule has 2 atom stereocenters. The summed E-state index contributed by atoms with van der Waals surface area (Å²) >= 11 is 0. The molecule has 0 spiro atoms. The predicted molar refractivity (Wildman–Crippen MR) is 108 cm³/mol. The molecule has 0 bridgehead atoms. The summed E-state index contributed by atoms with van der Waals surface area (Å²) in [5.41, 5.74) is 5.23. The van der Waals surface area contributed by atoms with Crippen LogP contribution in [0.2, 0.25) is 0 Å². The number of aryl methyl sites for hydroxylation is 2. The molecule has 1 aliphatic rings. The van der Waals surface area contributed by atoms with Crippen molar-refractivity contribution in [1.82, 2.24) is 5.32 Å². The highest BCUT2D eigenvalue weighted by molar-refractivity contribution is 5.85. The second-order valence-corrected chi connectivity index (χ2v) is 6.95. The highest BCUT2D eigenvalue weighted by atomic mass is 15.1. The lowest BCUT2D eigenvalue weighted by molar-refractivity contribution is 0.571. The summed E-state index contributed by atoms with van der Waals surface area (Å²) in [4.78, 5) is 5.06. The van der Waals surface area contributed by atoms with Gasteiger partial charge in [0.15, 0.2) is 0 Å². The number of rotatable bonds is 5. The fraction of sp³-hybridized carbons (Fsp3) is 0.208. The van der Waals surface area contributed by atoms with Crippen LogP contribution < -0.4 is 5.32 Å². The number of benzene rings is 3. The van der Waals surface area contributed by atoms with Crippen molar-refractivity contribution in [2.24, 2.45) is 4.99 Å². The molecule has 2 nitrogen and oxygen atoms in total. The molecule has 4 rings (SSSR count). The van der Waals surface area contributed by atoms with Gasteiger partial charge in [-0.05, 0) is 30.0 Å². The lowest BCUT2D eigenvalue weighted by Crippen LogP contribution is -2.24. The van der Waals surface area contributed by atoms with Gasteiger partial charge in [-0.25, -0.2) is 0 Å². The minimum atomic E-state index is 0.131. The number of nitrogens with one attached hydrogen (secondary N) is 1. The Morgan fingerprint density at radius 1 is 0.769 bits per heavy atom. The molecule has 0 radical (unpaired) electrons. The Balaban J connectivity index is 1.56. The Kier molecular flexibility index (Phi) is 4.83. The van der Waals surface area contributed by atoms with Gasteiger partial charge >= 0.3 is 0 Å². The Morgan fingerprint density at radius 3 is 2.15 bits per heavy atom. The van der Waals surface area contributed by atoms with E-state index in [1.807, 2.05) is 0 Å². The average molecular weight is 340 g/mol. The van der Waals surface area contributed by atoms with Gasteiger partial charge < -0.3 is 5.32 Å².